The Balaban J connectivity index is 0.00000222. The van der Waals surface area contributed by atoms with Gasteiger partial charge in [0, 0.05) is 31.3 Å². The highest BCUT2D eigenvalue weighted by Crippen LogP contribution is 2.18. The van der Waals surface area contributed by atoms with Crippen molar-refractivity contribution in [2.75, 3.05) is 49.7 Å². The van der Waals surface area contributed by atoms with Crippen LogP contribution in [0.15, 0.2) is 35.4 Å². The van der Waals surface area contributed by atoms with Gasteiger partial charge < -0.3 is 15.4 Å². The van der Waals surface area contributed by atoms with Crippen molar-refractivity contribution in [3.8, 4) is 6.01 Å². The number of anilines is 2. The molecular weight excluding hydrogens is 454 g/mol. The molecule has 198 valence electrons. The summed E-state index contributed by atoms with van der Waals surface area (Å²) in [5.74, 6) is 0.357. The maximum absolute atomic E-state index is 11.4. The van der Waals surface area contributed by atoms with Gasteiger partial charge in [0.2, 0.25) is 5.91 Å². The summed E-state index contributed by atoms with van der Waals surface area (Å²) in [5, 5.41) is 4.30. The number of ether oxygens (including phenoxy) is 1. The summed E-state index contributed by atoms with van der Waals surface area (Å²) in [5.41, 5.74) is 10.0. The molecule has 0 aliphatic carbocycles. The van der Waals surface area contributed by atoms with E-state index in [2.05, 4.69) is 39.2 Å². The van der Waals surface area contributed by atoms with Gasteiger partial charge in [0.15, 0.2) is 0 Å². The first kappa shape index (κ1) is 29.0. The molecule has 1 fully saturated rings. The molecule has 9 heteroatoms. The molecule has 36 heavy (non-hydrogen) atoms. The van der Waals surface area contributed by atoms with Crippen LogP contribution >= 0.6 is 0 Å². The van der Waals surface area contributed by atoms with E-state index in [1.807, 2.05) is 26.0 Å². The number of piperidine rings is 1. The molecule has 2 heterocycles. The summed E-state index contributed by atoms with van der Waals surface area (Å²) in [4.78, 5) is 25.3. The van der Waals surface area contributed by atoms with E-state index in [1.165, 1.54) is 19.3 Å². The van der Waals surface area contributed by atoms with Gasteiger partial charge in [-0.05, 0) is 57.0 Å². The Morgan fingerprint density at radius 3 is 2.53 bits per heavy atom. The van der Waals surface area contributed by atoms with Gasteiger partial charge >= 0.3 is 6.01 Å². The predicted molar refractivity (Wildman–Crippen MR) is 148 cm³/mol. The molecule has 0 bridgehead atoms. The molecule has 1 aliphatic heterocycles. The Bertz CT molecular complexity index is 939. The van der Waals surface area contributed by atoms with Crippen LogP contribution in [0.3, 0.4) is 0 Å². The highest BCUT2D eigenvalue weighted by molar-refractivity contribution is 5.93. The number of aromatic nitrogens is 2. The highest BCUT2D eigenvalue weighted by atomic mass is 16.5. The molecule has 3 N–H and O–H groups in total. The molecule has 9 nitrogen and oxygen atoms in total. The lowest BCUT2D eigenvalue weighted by Gasteiger charge is -2.26. The number of primary amides is 1. The minimum absolute atomic E-state index is 0.365. The number of nitrogens with zero attached hydrogens (tertiary/aromatic N) is 5. The predicted octanol–water partition coefficient (Wildman–Crippen LogP) is 4.54. The van der Waals surface area contributed by atoms with Crippen LogP contribution in [0, 0.1) is 0 Å². The molecule has 0 unspecified atom stereocenters. The van der Waals surface area contributed by atoms with E-state index in [9.17, 15) is 4.79 Å². The first-order valence-electron chi connectivity index (χ1n) is 13.3. The van der Waals surface area contributed by atoms with Crippen LogP contribution in [-0.2, 0) is 0 Å². The fourth-order valence-electron chi connectivity index (χ4n) is 3.97. The molecule has 0 atom stereocenters. The number of hydrogen-bond acceptors (Lipinski definition) is 8. The van der Waals surface area contributed by atoms with Crippen LogP contribution < -0.4 is 20.8 Å². The standard InChI is InChI=1S/C25H37N7O2.C2H6/c1-3-11-32(12-4-2)23-18-22(19-27-30-21-10-8-9-20(17-21)24(26)33)28-25(29-23)34-16-15-31-13-6-5-7-14-31;1-2/h8-10,17-19,30H,3-7,11-16H2,1-2H3,(H2,26,33);1-2H3/b27-19+;. The van der Waals surface area contributed by atoms with Crippen LogP contribution in [0.4, 0.5) is 11.5 Å². The summed E-state index contributed by atoms with van der Waals surface area (Å²) in [6.07, 6.45) is 7.51. The second-order valence-corrected chi connectivity index (χ2v) is 8.49. The van der Waals surface area contributed by atoms with E-state index in [4.69, 9.17) is 15.5 Å². The van der Waals surface area contributed by atoms with Crippen molar-refractivity contribution in [2.45, 2.75) is 59.8 Å². The zero-order valence-corrected chi connectivity index (χ0v) is 22.4. The van der Waals surface area contributed by atoms with Crippen LogP contribution in [0.5, 0.6) is 6.01 Å². The maximum atomic E-state index is 11.4. The highest BCUT2D eigenvalue weighted by Gasteiger charge is 2.13. The molecule has 0 saturated carbocycles. The van der Waals surface area contributed by atoms with Gasteiger partial charge in [0.25, 0.3) is 0 Å². The molecule has 1 aromatic carbocycles. The summed E-state index contributed by atoms with van der Waals surface area (Å²) in [6.45, 7) is 13.8. The number of benzene rings is 1. The van der Waals surface area contributed by atoms with Crippen molar-refractivity contribution in [3.63, 3.8) is 0 Å². The summed E-state index contributed by atoms with van der Waals surface area (Å²) < 4.78 is 5.98. The van der Waals surface area contributed by atoms with Gasteiger partial charge in [-0.2, -0.15) is 15.1 Å². The lowest BCUT2D eigenvalue weighted by molar-refractivity contribution is 0.100. The Hall–Kier alpha value is -3.20. The SMILES string of the molecule is CC.CCCN(CCC)c1cc(/C=N/Nc2cccc(C(N)=O)c2)nc(OCCN2CCCCC2)n1. The van der Waals surface area contributed by atoms with Crippen LogP contribution in [-0.4, -0.2) is 66.3 Å². The van der Waals surface area contributed by atoms with Crippen molar-refractivity contribution >= 4 is 23.6 Å². The molecule has 1 saturated heterocycles. The van der Waals surface area contributed by atoms with Gasteiger partial charge in [-0.15, -0.1) is 0 Å². The third-order valence-corrected chi connectivity index (χ3v) is 5.65. The molecular formula is C27H43N7O2. The zero-order chi connectivity index (χ0) is 26.2. The molecule has 0 spiro atoms. The van der Waals surface area contributed by atoms with Gasteiger partial charge in [-0.25, -0.2) is 0 Å². The van der Waals surface area contributed by atoms with E-state index in [0.29, 0.717) is 29.6 Å². The number of hydrazone groups is 1. The van der Waals surface area contributed by atoms with Gasteiger partial charge in [0.1, 0.15) is 12.4 Å². The van der Waals surface area contributed by atoms with Crippen molar-refractivity contribution in [3.05, 3.63) is 41.6 Å². The Kier molecular flexibility index (Phi) is 13.3. The minimum Gasteiger partial charge on any atom is -0.462 e. The first-order valence-corrected chi connectivity index (χ1v) is 13.3. The summed E-state index contributed by atoms with van der Waals surface area (Å²) >= 11 is 0. The fourth-order valence-corrected chi connectivity index (χ4v) is 3.97. The lowest BCUT2D eigenvalue weighted by atomic mass is 10.1. The van der Waals surface area contributed by atoms with Crippen LogP contribution in [0.25, 0.3) is 0 Å². The van der Waals surface area contributed by atoms with Crippen molar-refractivity contribution in [1.29, 1.82) is 0 Å². The molecule has 0 radical (unpaired) electrons. The number of rotatable bonds is 13. The third kappa shape index (κ3) is 9.81. The van der Waals surface area contributed by atoms with Gasteiger partial charge in [-0.1, -0.05) is 40.2 Å². The van der Waals surface area contributed by atoms with Crippen LogP contribution in [0.1, 0.15) is 75.9 Å². The second-order valence-electron chi connectivity index (χ2n) is 8.49. The number of hydrogen-bond donors (Lipinski definition) is 2. The quantitative estimate of drug-likeness (QED) is 0.309. The number of nitrogens with two attached hydrogens (primary N) is 1. The number of nitrogens with one attached hydrogen (secondary N) is 1. The fraction of sp³-hybridized carbons (Fsp3) is 0.556. The summed E-state index contributed by atoms with van der Waals surface area (Å²) in [6, 6.07) is 9.18. The third-order valence-electron chi connectivity index (χ3n) is 5.65. The molecule has 2 aromatic rings. The average molecular weight is 498 g/mol. The van der Waals surface area contributed by atoms with E-state index in [0.717, 1.165) is 51.4 Å². The normalized spacial score (nSPS) is 13.7. The Morgan fingerprint density at radius 2 is 1.86 bits per heavy atom. The van der Waals surface area contributed by atoms with Gasteiger partial charge in [-0.3, -0.25) is 15.1 Å². The van der Waals surface area contributed by atoms with Crippen molar-refractivity contribution < 1.29 is 9.53 Å². The van der Waals surface area contributed by atoms with E-state index < -0.39 is 5.91 Å². The van der Waals surface area contributed by atoms with E-state index in [1.54, 1.807) is 24.4 Å². The van der Waals surface area contributed by atoms with Crippen LogP contribution in [0.2, 0.25) is 0 Å². The first-order chi connectivity index (χ1) is 17.6. The van der Waals surface area contributed by atoms with E-state index >= 15 is 0 Å². The molecule has 1 amide bonds. The molecule has 1 aliphatic rings. The molecule has 1 aromatic heterocycles. The summed E-state index contributed by atoms with van der Waals surface area (Å²) in [7, 11) is 0. The average Bonchev–Trinajstić information content (AvgIpc) is 2.90. The lowest BCUT2D eigenvalue weighted by Crippen LogP contribution is -2.33. The number of carbonyl (C=O) groups is 1. The Labute approximate surface area is 216 Å². The smallest absolute Gasteiger partial charge is 0.319 e. The van der Waals surface area contributed by atoms with E-state index in [-0.39, 0.29) is 0 Å². The largest absolute Gasteiger partial charge is 0.462 e. The van der Waals surface area contributed by atoms with Crippen molar-refractivity contribution in [1.82, 2.24) is 14.9 Å². The number of carbonyl (C=O) groups excluding carboxylic acids is 1. The second kappa shape index (κ2) is 16.5. The Morgan fingerprint density at radius 1 is 1.14 bits per heavy atom. The van der Waals surface area contributed by atoms with Crippen molar-refractivity contribution in [2.24, 2.45) is 10.8 Å². The number of amides is 1. The number of likely N-dealkylation sites (tertiary alicyclic amines) is 1. The van der Waals surface area contributed by atoms with Gasteiger partial charge in [0.05, 0.1) is 17.6 Å². The minimum atomic E-state index is -0.480. The maximum Gasteiger partial charge on any atom is 0.319 e. The topological polar surface area (TPSA) is 109 Å². The molecule has 3 rings (SSSR count). The monoisotopic (exact) mass is 497 g/mol. The zero-order valence-electron chi connectivity index (χ0n) is 22.4.